The van der Waals surface area contributed by atoms with E-state index >= 15 is 0 Å². The van der Waals surface area contributed by atoms with Crippen molar-refractivity contribution in [3.63, 3.8) is 0 Å². The van der Waals surface area contributed by atoms with E-state index in [0.717, 1.165) is 19.3 Å². The summed E-state index contributed by atoms with van der Waals surface area (Å²) in [4.78, 5) is 22.8. The number of ether oxygens (including phenoxy) is 2. The number of esters is 1. The van der Waals surface area contributed by atoms with Crippen LogP contribution in [0.4, 0.5) is 4.79 Å². The number of rotatable bonds is 3. The van der Waals surface area contributed by atoms with Gasteiger partial charge in [-0.15, -0.1) is 0 Å². The predicted octanol–water partition coefficient (Wildman–Crippen LogP) is 1.07. The van der Waals surface area contributed by atoms with Gasteiger partial charge in [0, 0.05) is 6.04 Å². The van der Waals surface area contributed by atoms with Gasteiger partial charge in [-0.1, -0.05) is 0 Å². The van der Waals surface area contributed by atoms with E-state index < -0.39 is 0 Å². The lowest BCUT2D eigenvalue weighted by Gasteiger charge is -2.12. The Morgan fingerprint density at radius 1 is 1.50 bits per heavy atom. The van der Waals surface area contributed by atoms with Gasteiger partial charge in [0.05, 0.1) is 19.1 Å². The molecule has 0 aromatic rings. The second-order valence-electron chi connectivity index (χ2n) is 4.47. The van der Waals surface area contributed by atoms with Crippen LogP contribution in [0.3, 0.4) is 0 Å². The summed E-state index contributed by atoms with van der Waals surface area (Å²) in [6.07, 6.45) is 2.08. The zero-order chi connectivity index (χ0) is 11.8. The number of hydrogen-bond donors (Lipinski definition) is 1. The van der Waals surface area contributed by atoms with E-state index in [-0.39, 0.29) is 29.4 Å². The first kappa shape index (κ1) is 11.2. The average molecular weight is 227 g/mol. The van der Waals surface area contributed by atoms with Crippen molar-refractivity contribution in [3.05, 3.63) is 0 Å². The number of hydrogen-bond acceptors (Lipinski definition) is 4. The quantitative estimate of drug-likeness (QED) is 0.732. The normalized spacial score (nSPS) is 35.1. The highest BCUT2D eigenvalue weighted by molar-refractivity contribution is 5.82. The van der Waals surface area contributed by atoms with Gasteiger partial charge in [0.1, 0.15) is 0 Å². The van der Waals surface area contributed by atoms with Crippen molar-refractivity contribution in [2.75, 3.05) is 13.7 Å². The molecule has 2 fully saturated rings. The number of alkyl carbamates (subject to hydrolysis) is 1. The van der Waals surface area contributed by atoms with Gasteiger partial charge < -0.3 is 14.8 Å². The third-order valence-corrected chi connectivity index (χ3v) is 3.69. The van der Waals surface area contributed by atoms with Crippen molar-refractivity contribution in [2.45, 2.75) is 32.2 Å². The monoisotopic (exact) mass is 227 g/mol. The minimum atomic E-state index is -0.389. The smallest absolute Gasteiger partial charge is 0.407 e. The average Bonchev–Trinajstić information content (AvgIpc) is 2.91. The molecule has 2 aliphatic carbocycles. The van der Waals surface area contributed by atoms with E-state index in [1.807, 2.05) is 0 Å². The molecule has 1 N–H and O–H groups in total. The molecule has 5 heteroatoms. The summed E-state index contributed by atoms with van der Waals surface area (Å²) in [6.45, 7) is 2.13. The van der Waals surface area contributed by atoms with Crippen LogP contribution in [0.5, 0.6) is 0 Å². The zero-order valence-corrected chi connectivity index (χ0v) is 9.62. The number of nitrogens with one attached hydrogen (secondary N) is 1. The summed E-state index contributed by atoms with van der Waals surface area (Å²) >= 11 is 0. The van der Waals surface area contributed by atoms with E-state index in [2.05, 4.69) is 5.32 Å². The van der Waals surface area contributed by atoms with Crippen LogP contribution in [-0.2, 0) is 14.3 Å². The van der Waals surface area contributed by atoms with Crippen molar-refractivity contribution in [2.24, 2.45) is 11.3 Å². The first-order chi connectivity index (χ1) is 7.64. The van der Waals surface area contributed by atoms with Gasteiger partial charge >= 0.3 is 12.1 Å². The van der Waals surface area contributed by atoms with Crippen molar-refractivity contribution < 1.29 is 19.1 Å². The Morgan fingerprint density at radius 3 is 2.81 bits per heavy atom. The molecule has 0 aromatic carbocycles. The highest BCUT2D eigenvalue weighted by Gasteiger charge is 2.67. The molecule has 0 bridgehead atoms. The molecule has 2 aliphatic rings. The van der Waals surface area contributed by atoms with E-state index in [4.69, 9.17) is 9.47 Å². The summed E-state index contributed by atoms with van der Waals surface area (Å²) in [5.41, 5.74) is -0.307. The largest absolute Gasteiger partial charge is 0.469 e. The van der Waals surface area contributed by atoms with Crippen molar-refractivity contribution >= 4 is 12.1 Å². The molecule has 0 radical (unpaired) electrons. The molecule has 90 valence electrons. The summed E-state index contributed by atoms with van der Waals surface area (Å²) < 4.78 is 9.62. The van der Waals surface area contributed by atoms with Crippen LogP contribution in [0, 0.1) is 11.3 Å². The third-order valence-electron chi connectivity index (χ3n) is 3.69. The fraction of sp³-hybridized carbons (Fsp3) is 0.818. The number of carbonyl (C=O) groups excluding carboxylic acids is 2. The Labute approximate surface area is 94.5 Å². The van der Waals surface area contributed by atoms with Gasteiger partial charge in [0.25, 0.3) is 0 Å². The van der Waals surface area contributed by atoms with Crippen LogP contribution in [0.1, 0.15) is 26.2 Å². The van der Waals surface area contributed by atoms with Crippen molar-refractivity contribution in [1.82, 2.24) is 5.32 Å². The molecular weight excluding hydrogens is 210 g/mol. The minimum Gasteiger partial charge on any atom is -0.469 e. The maximum atomic E-state index is 11.6. The lowest BCUT2D eigenvalue weighted by molar-refractivity contribution is -0.147. The molecule has 3 unspecified atom stereocenters. The Morgan fingerprint density at radius 2 is 2.25 bits per heavy atom. The highest BCUT2D eigenvalue weighted by atomic mass is 16.5. The second kappa shape index (κ2) is 3.96. The SMILES string of the molecule is CCOC(=O)NC1CCC2(C(=O)OC)CC12. The molecule has 3 atom stereocenters. The number of carbonyl (C=O) groups is 2. The molecule has 0 aromatic heterocycles. The molecule has 0 spiro atoms. The third kappa shape index (κ3) is 1.64. The molecule has 2 rings (SSSR count). The maximum Gasteiger partial charge on any atom is 0.407 e. The zero-order valence-electron chi connectivity index (χ0n) is 9.62. The Balaban J connectivity index is 1.89. The fourth-order valence-electron chi connectivity index (χ4n) is 2.80. The standard InChI is InChI=1S/C11H17NO4/c1-3-16-10(14)12-8-4-5-11(6-7(8)11)9(13)15-2/h7-8H,3-6H2,1-2H3,(H,12,14). The molecule has 0 heterocycles. The minimum absolute atomic E-state index is 0.0677. The lowest BCUT2D eigenvalue weighted by Crippen LogP contribution is -2.35. The first-order valence-corrected chi connectivity index (χ1v) is 5.65. The molecule has 5 nitrogen and oxygen atoms in total. The maximum absolute atomic E-state index is 11.6. The van der Waals surface area contributed by atoms with Gasteiger partial charge in [0.15, 0.2) is 0 Å². The molecule has 0 saturated heterocycles. The Hall–Kier alpha value is -1.26. The summed E-state index contributed by atoms with van der Waals surface area (Å²) in [6, 6.07) is 0.0677. The summed E-state index contributed by atoms with van der Waals surface area (Å²) in [5, 5.41) is 2.81. The topological polar surface area (TPSA) is 64.6 Å². The molecular formula is C11H17NO4. The van der Waals surface area contributed by atoms with Crippen molar-refractivity contribution in [1.29, 1.82) is 0 Å². The van der Waals surface area contributed by atoms with Crippen LogP contribution < -0.4 is 5.32 Å². The van der Waals surface area contributed by atoms with Crippen LogP contribution in [0.15, 0.2) is 0 Å². The molecule has 16 heavy (non-hydrogen) atoms. The number of fused-ring (bicyclic) bond motifs is 1. The van der Waals surface area contributed by atoms with Crippen LogP contribution in [0.2, 0.25) is 0 Å². The fourth-order valence-corrected chi connectivity index (χ4v) is 2.80. The Bertz CT molecular complexity index is 317. The van der Waals surface area contributed by atoms with E-state index in [9.17, 15) is 9.59 Å². The van der Waals surface area contributed by atoms with Crippen LogP contribution >= 0.6 is 0 Å². The number of methoxy groups -OCH3 is 1. The van der Waals surface area contributed by atoms with Crippen LogP contribution in [-0.4, -0.2) is 31.8 Å². The number of amides is 1. The first-order valence-electron chi connectivity index (χ1n) is 5.65. The van der Waals surface area contributed by atoms with E-state index in [1.54, 1.807) is 6.92 Å². The molecule has 2 saturated carbocycles. The molecule has 0 aliphatic heterocycles. The van der Waals surface area contributed by atoms with Gasteiger partial charge in [-0.05, 0) is 32.1 Å². The second-order valence-corrected chi connectivity index (χ2v) is 4.47. The Kier molecular flexibility index (Phi) is 2.78. The predicted molar refractivity (Wildman–Crippen MR) is 55.7 cm³/mol. The molecule has 1 amide bonds. The van der Waals surface area contributed by atoms with Crippen molar-refractivity contribution in [3.8, 4) is 0 Å². The van der Waals surface area contributed by atoms with Crippen LogP contribution in [0.25, 0.3) is 0 Å². The van der Waals surface area contributed by atoms with E-state index in [1.165, 1.54) is 7.11 Å². The van der Waals surface area contributed by atoms with Gasteiger partial charge in [-0.3, -0.25) is 4.79 Å². The van der Waals surface area contributed by atoms with Gasteiger partial charge in [-0.25, -0.2) is 4.79 Å². The van der Waals surface area contributed by atoms with E-state index in [0.29, 0.717) is 6.61 Å². The lowest BCUT2D eigenvalue weighted by atomic mass is 10.1. The highest BCUT2D eigenvalue weighted by Crippen LogP contribution is 2.64. The summed E-state index contributed by atoms with van der Waals surface area (Å²) in [7, 11) is 1.42. The van der Waals surface area contributed by atoms with Gasteiger partial charge in [0.2, 0.25) is 0 Å². The van der Waals surface area contributed by atoms with Gasteiger partial charge in [-0.2, -0.15) is 0 Å². The summed E-state index contributed by atoms with van der Waals surface area (Å²) in [5.74, 6) is 0.106.